The van der Waals surface area contributed by atoms with Gasteiger partial charge in [-0.15, -0.1) is 0 Å². The molecule has 0 radical (unpaired) electrons. The minimum absolute atomic E-state index is 0.222. The lowest BCUT2D eigenvalue weighted by molar-refractivity contribution is -0.148. The van der Waals surface area contributed by atoms with Gasteiger partial charge in [0.2, 0.25) is 0 Å². The summed E-state index contributed by atoms with van der Waals surface area (Å²) in [5, 5.41) is 5.13. The number of amides is 3. The van der Waals surface area contributed by atoms with Crippen LogP contribution in [0.25, 0.3) is 0 Å². The van der Waals surface area contributed by atoms with Crippen LogP contribution < -0.4 is 25.8 Å². The number of primary amides is 1. The standard InChI is InChI=1S/C18H25N3O6/c19-18(24)20-9-5-1-2-8-17(23)26-12-16(22)21-10-13-11-25-14-6-3-4-7-15(14)27-13/h3-4,6-7,13H,1-2,5,8-12H2,(H,21,22)(H3,19,20,24)/t13-/m0/s1. The van der Waals surface area contributed by atoms with Crippen LogP contribution in [0.5, 0.6) is 11.5 Å². The van der Waals surface area contributed by atoms with Gasteiger partial charge in [-0.05, 0) is 25.0 Å². The second-order valence-electron chi connectivity index (χ2n) is 6.06. The van der Waals surface area contributed by atoms with Crippen LogP contribution in [0.2, 0.25) is 0 Å². The van der Waals surface area contributed by atoms with Crippen molar-refractivity contribution in [2.24, 2.45) is 5.73 Å². The Morgan fingerprint density at radius 3 is 2.67 bits per heavy atom. The maximum Gasteiger partial charge on any atom is 0.312 e. The molecule has 1 aromatic rings. The van der Waals surface area contributed by atoms with E-state index in [4.69, 9.17) is 19.9 Å². The van der Waals surface area contributed by atoms with Gasteiger partial charge in [0.1, 0.15) is 12.7 Å². The van der Waals surface area contributed by atoms with E-state index in [9.17, 15) is 14.4 Å². The van der Waals surface area contributed by atoms with Crippen LogP contribution in [0.4, 0.5) is 4.79 Å². The second-order valence-corrected chi connectivity index (χ2v) is 6.06. The van der Waals surface area contributed by atoms with Crippen molar-refractivity contribution in [1.29, 1.82) is 0 Å². The molecule has 3 amide bonds. The number of carbonyl (C=O) groups excluding carboxylic acids is 3. The third kappa shape index (κ3) is 7.85. The second kappa shape index (κ2) is 10.9. The quantitative estimate of drug-likeness (QED) is 0.406. The molecule has 0 unspecified atom stereocenters. The van der Waals surface area contributed by atoms with E-state index >= 15 is 0 Å². The van der Waals surface area contributed by atoms with Crippen LogP contribution in [0.3, 0.4) is 0 Å². The highest BCUT2D eigenvalue weighted by Gasteiger charge is 2.21. The molecule has 0 bridgehead atoms. The molecule has 1 aliphatic rings. The zero-order valence-electron chi connectivity index (χ0n) is 15.1. The van der Waals surface area contributed by atoms with Gasteiger partial charge in [-0.1, -0.05) is 18.6 Å². The van der Waals surface area contributed by atoms with E-state index in [0.717, 1.165) is 12.8 Å². The largest absolute Gasteiger partial charge is 0.486 e. The molecule has 0 spiro atoms. The summed E-state index contributed by atoms with van der Waals surface area (Å²) in [7, 11) is 0. The molecule has 0 saturated heterocycles. The van der Waals surface area contributed by atoms with Crippen molar-refractivity contribution in [3.8, 4) is 11.5 Å². The van der Waals surface area contributed by atoms with Crippen molar-refractivity contribution in [2.45, 2.75) is 31.8 Å². The average molecular weight is 379 g/mol. The van der Waals surface area contributed by atoms with Crippen molar-refractivity contribution >= 4 is 17.9 Å². The summed E-state index contributed by atoms with van der Waals surface area (Å²) in [6.07, 6.45) is 2.02. The fourth-order valence-electron chi connectivity index (χ4n) is 2.44. The smallest absolute Gasteiger partial charge is 0.312 e. The maximum atomic E-state index is 11.8. The van der Waals surface area contributed by atoms with E-state index in [0.29, 0.717) is 31.1 Å². The molecule has 1 heterocycles. The van der Waals surface area contributed by atoms with E-state index < -0.39 is 17.9 Å². The molecule has 0 aromatic heterocycles. The monoisotopic (exact) mass is 379 g/mol. The van der Waals surface area contributed by atoms with Gasteiger partial charge >= 0.3 is 12.0 Å². The molecule has 27 heavy (non-hydrogen) atoms. The summed E-state index contributed by atoms with van der Waals surface area (Å²) in [5.41, 5.74) is 4.94. The van der Waals surface area contributed by atoms with Gasteiger partial charge in [0, 0.05) is 13.0 Å². The number of hydrogen-bond acceptors (Lipinski definition) is 6. The lowest BCUT2D eigenvalue weighted by atomic mass is 10.2. The first-order chi connectivity index (χ1) is 13.0. The Labute approximate surface area is 157 Å². The normalized spacial score (nSPS) is 14.9. The summed E-state index contributed by atoms with van der Waals surface area (Å²) in [6, 6.07) is 6.76. The SMILES string of the molecule is NC(=O)NCCCCCC(=O)OCC(=O)NC[C@H]1COc2ccccc2O1. The molecular weight excluding hydrogens is 354 g/mol. The molecule has 0 saturated carbocycles. The first-order valence-electron chi connectivity index (χ1n) is 8.88. The lowest BCUT2D eigenvalue weighted by Crippen LogP contribution is -2.42. The zero-order chi connectivity index (χ0) is 19.5. The molecule has 0 fully saturated rings. The van der Waals surface area contributed by atoms with Crippen molar-refractivity contribution in [3.63, 3.8) is 0 Å². The third-order valence-corrected chi connectivity index (χ3v) is 3.82. The molecule has 1 aliphatic heterocycles. The fourth-order valence-corrected chi connectivity index (χ4v) is 2.44. The minimum Gasteiger partial charge on any atom is -0.486 e. The van der Waals surface area contributed by atoms with E-state index in [1.54, 1.807) is 6.07 Å². The van der Waals surface area contributed by atoms with Crippen molar-refractivity contribution in [1.82, 2.24) is 10.6 Å². The molecule has 1 aromatic carbocycles. The first kappa shape index (κ1) is 20.3. The maximum absolute atomic E-state index is 11.8. The van der Waals surface area contributed by atoms with Crippen molar-refractivity contribution in [2.75, 3.05) is 26.3 Å². The van der Waals surface area contributed by atoms with Crippen LogP contribution in [0, 0.1) is 0 Å². The predicted octanol–water partition coefficient (Wildman–Crippen LogP) is 0.714. The minimum atomic E-state index is -0.560. The number of fused-ring (bicyclic) bond motifs is 1. The molecule has 9 heteroatoms. The van der Waals surface area contributed by atoms with Crippen molar-refractivity contribution < 1.29 is 28.6 Å². The van der Waals surface area contributed by atoms with Crippen LogP contribution >= 0.6 is 0 Å². The summed E-state index contributed by atoms with van der Waals surface area (Å²) in [4.78, 5) is 33.9. The molecule has 148 valence electrons. The molecule has 1 atom stereocenters. The van der Waals surface area contributed by atoms with Crippen LogP contribution in [0.1, 0.15) is 25.7 Å². The van der Waals surface area contributed by atoms with E-state index in [2.05, 4.69) is 10.6 Å². The number of hydrogen-bond donors (Lipinski definition) is 3. The number of urea groups is 1. The third-order valence-electron chi connectivity index (χ3n) is 3.82. The Morgan fingerprint density at radius 1 is 1.11 bits per heavy atom. The molecule has 0 aliphatic carbocycles. The fraction of sp³-hybridized carbons (Fsp3) is 0.500. The number of para-hydroxylation sites is 2. The van der Waals surface area contributed by atoms with E-state index in [1.807, 2.05) is 18.2 Å². The Kier molecular flexibility index (Phi) is 8.21. The van der Waals surface area contributed by atoms with Crippen LogP contribution in [-0.2, 0) is 14.3 Å². The number of benzene rings is 1. The highest BCUT2D eigenvalue weighted by atomic mass is 16.6. The highest BCUT2D eigenvalue weighted by molar-refractivity contribution is 5.80. The summed E-state index contributed by atoms with van der Waals surface area (Å²) >= 11 is 0. The zero-order valence-corrected chi connectivity index (χ0v) is 15.1. The number of unbranched alkanes of at least 4 members (excludes halogenated alkanes) is 2. The Balaban J connectivity index is 1.52. The Bertz CT molecular complexity index is 652. The molecular formula is C18H25N3O6. The Morgan fingerprint density at radius 2 is 1.89 bits per heavy atom. The van der Waals surface area contributed by atoms with Gasteiger partial charge in [0.15, 0.2) is 18.1 Å². The predicted molar refractivity (Wildman–Crippen MR) is 96.4 cm³/mol. The average Bonchev–Trinajstić information content (AvgIpc) is 2.67. The van der Waals surface area contributed by atoms with Gasteiger partial charge in [-0.3, -0.25) is 9.59 Å². The number of nitrogens with one attached hydrogen (secondary N) is 2. The number of nitrogens with two attached hydrogens (primary N) is 1. The molecule has 2 rings (SSSR count). The first-order valence-corrected chi connectivity index (χ1v) is 8.88. The number of rotatable bonds is 10. The summed E-state index contributed by atoms with van der Waals surface area (Å²) in [6.45, 7) is 0.746. The van der Waals surface area contributed by atoms with E-state index in [-0.39, 0.29) is 25.7 Å². The van der Waals surface area contributed by atoms with Gasteiger partial charge in [-0.2, -0.15) is 0 Å². The molecule has 4 N–H and O–H groups in total. The topological polar surface area (TPSA) is 129 Å². The van der Waals surface area contributed by atoms with Gasteiger partial charge in [0.25, 0.3) is 5.91 Å². The molecule has 9 nitrogen and oxygen atoms in total. The van der Waals surface area contributed by atoms with Crippen LogP contribution in [0.15, 0.2) is 24.3 Å². The van der Waals surface area contributed by atoms with Crippen LogP contribution in [-0.4, -0.2) is 50.3 Å². The number of carbonyl (C=O) groups is 3. The number of esters is 1. The Hall–Kier alpha value is -2.97. The van der Waals surface area contributed by atoms with Gasteiger partial charge in [0.05, 0.1) is 6.54 Å². The number of ether oxygens (including phenoxy) is 3. The van der Waals surface area contributed by atoms with E-state index in [1.165, 1.54) is 0 Å². The van der Waals surface area contributed by atoms with Crippen molar-refractivity contribution in [3.05, 3.63) is 24.3 Å². The highest BCUT2D eigenvalue weighted by Crippen LogP contribution is 2.30. The lowest BCUT2D eigenvalue weighted by Gasteiger charge is -2.26. The van der Waals surface area contributed by atoms with Gasteiger partial charge < -0.3 is 30.6 Å². The van der Waals surface area contributed by atoms with Gasteiger partial charge in [-0.25, -0.2) is 4.79 Å². The summed E-state index contributed by atoms with van der Waals surface area (Å²) in [5.74, 6) is 0.496. The summed E-state index contributed by atoms with van der Waals surface area (Å²) < 4.78 is 16.2.